The number of rotatable bonds is 4. The lowest BCUT2D eigenvalue weighted by Gasteiger charge is -2.05. The summed E-state index contributed by atoms with van der Waals surface area (Å²) in [6.45, 7) is 5.00. The molecule has 0 unspecified atom stereocenters. The smallest absolute Gasteiger partial charge is 0.172 e. The van der Waals surface area contributed by atoms with Crippen molar-refractivity contribution in [3.8, 4) is 0 Å². The second-order valence-electron chi connectivity index (χ2n) is 5.16. The Balaban J connectivity index is 1.87. The minimum Gasteiger partial charge on any atom is -0.333 e. The van der Waals surface area contributed by atoms with Crippen LogP contribution in [0.1, 0.15) is 16.7 Å². The Kier molecular flexibility index (Phi) is 3.94. The van der Waals surface area contributed by atoms with Crippen LogP contribution in [0, 0.1) is 13.8 Å². The number of imidazole rings is 1. The zero-order chi connectivity index (χ0) is 14.8. The van der Waals surface area contributed by atoms with Gasteiger partial charge in [0.15, 0.2) is 5.16 Å². The van der Waals surface area contributed by atoms with Gasteiger partial charge in [0.25, 0.3) is 0 Å². The average molecular weight is 298 g/mol. The highest BCUT2D eigenvalue weighted by Crippen LogP contribution is 2.28. The molecule has 4 nitrogen and oxygen atoms in total. The van der Waals surface area contributed by atoms with Crippen LogP contribution in [0.5, 0.6) is 0 Å². The molecule has 1 aromatic carbocycles. The van der Waals surface area contributed by atoms with E-state index >= 15 is 0 Å². The lowest BCUT2D eigenvalue weighted by molar-refractivity contribution is 0.806. The molecule has 0 saturated heterocycles. The molecule has 0 saturated carbocycles. The van der Waals surface area contributed by atoms with E-state index in [0.717, 1.165) is 27.8 Å². The Bertz CT molecular complexity index is 779. The molecule has 3 aromatic rings. The second kappa shape index (κ2) is 5.87. The molecule has 0 bridgehead atoms. The number of nitrogens with one attached hydrogen (secondary N) is 2. The van der Waals surface area contributed by atoms with Crippen molar-refractivity contribution in [2.75, 3.05) is 7.05 Å². The van der Waals surface area contributed by atoms with E-state index in [-0.39, 0.29) is 0 Å². The Morgan fingerprint density at radius 1 is 1.24 bits per heavy atom. The zero-order valence-electron chi connectivity index (χ0n) is 12.4. The predicted molar refractivity (Wildman–Crippen MR) is 86.7 cm³/mol. The molecule has 0 spiro atoms. The number of fused-ring (bicyclic) bond motifs is 1. The summed E-state index contributed by atoms with van der Waals surface area (Å²) >= 11 is 1.57. The van der Waals surface area contributed by atoms with Crippen LogP contribution in [-0.2, 0) is 6.54 Å². The number of H-pyrrole nitrogens is 1. The molecular formula is C16H18N4S. The van der Waals surface area contributed by atoms with Gasteiger partial charge in [-0.2, -0.15) is 0 Å². The summed E-state index contributed by atoms with van der Waals surface area (Å²) in [5.41, 5.74) is 5.66. The average Bonchev–Trinajstić information content (AvgIpc) is 2.83. The maximum Gasteiger partial charge on any atom is 0.172 e. The molecule has 21 heavy (non-hydrogen) atoms. The van der Waals surface area contributed by atoms with E-state index in [1.165, 1.54) is 16.7 Å². The first-order valence-corrected chi connectivity index (χ1v) is 7.71. The highest BCUT2D eigenvalue weighted by Gasteiger charge is 2.08. The molecular weight excluding hydrogens is 280 g/mol. The topological polar surface area (TPSA) is 53.6 Å². The van der Waals surface area contributed by atoms with Gasteiger partial charge in [-0.15, -0.1) is 0 Å². The molecule has 0 aliphatic carbocycles. The van der Waals surface area contributed by atoms with Crippen LogP contribution in [0.2, 0.25) is 0 Å². The number of aryl methyl sites for hydroxylation is 2. The Morgan fingerprint density at radius 2 is 2.10 bits per heavy atom. The summed E-state index contributed by atoms with van der Waals surface area (Å²) in [4.78, 5) is 12.5. The molecule has 0 fully saturated rings. The number of hydrogen-bond donors (Lipinski definition) is 2. The number of nitrogens with zero attached hydrogens (tertiary/aromatic N) is 2. The van der Waals surface area contributed by atoms with Gasteiger partial charge in [-0.05, 0) is 61.5 Å². The molecule has 0 amide bonds. The minimum absolute atomic E-state index is 0.836. The van der Waals surface area contributed by atoms with Gasteiger partial charge in [0, 0.05) is 12.7 Å². The molecule has 2 heterocycles. The zero-order valence-corrected chi connectivity index (χ0v) is 13.2. The monoisotopic (exact) mass is 298 g/mol. The standard InChI is InChI=1S/C16H18N4S/c1-10-4-5-13-14(6-10)20-16(19-13)21-15-11(2)7-12(8-17-3)9-18-15/h4-7,9,17H,8H2,1-3H3,(H,19,20). The van der Waals surface area contributed by atoms with E-state index in [0.29, 0.717) is 0 Å². The third-order valence-electron chi connectivity index (χ3n) is 3.28. The van der Waals surface area contributed by atoms with Crippen molar-refractivity contribution in [2.24, 2.45) is 0 Å². The van der Waals surface area contributed by atoms with Gasteiger partial charge in [-0.1, -0.05) is 12.1 Å². The molecule has 0 aliphatic heterocycles. The summed E-state index contributed by atoms with van der Waals surface area (Å²) in [6, 6.07) is 8.40. The Hall–Kier alpha value is -1.85. The van der Waals surface area contributed by atoms with E-state index in [2.05, 4.69) is 52.3 Å². The summed E-state index contributed by atoms with van der Waals surface area (Å²) in [5, 5.41) is 5.01. The molecule has 2 N–H and O–H groups in total. The second-order valence-corrected chi connectivity index (χ2v) is 6.14. The SMILES string of the molecule is CNCc1cnc(Sc2nc3ccc(C)cc3[nH]2)c(C)c1. The van der Waals surface area contributed by atoms with Crippen LogP contribution < -0.4 is 5.32 Å². The van der Waals surface area contributed by atoms with Gasteiger partial charge in [0.1, 0.15) is 5.03 Å². The number of aromatic amines is 1. The van der Waals surface area contributed by atoms with E-state index in [4.69, 9.17) is 0 Å². The number of aromatic nitrogens is 3. The van der Waals surface area contributed by atoms with Gasteiger partial charge in [-0.3, -0.25) is 0 Å². The summed E-state index contributed by atoms with van der Waals surface area (Å²) in [5.74, 6) is 0. The third kappa shape index (κ3) is 3.09. The number of pyridine rings is 1. The van der Waals surface area contributed by atoms with Crippen LogP contribution in [0.25, 0.3) is 11.0 Å². The minimum atomic E-state index is 0.836. The van der Waals surface area contributed by atoms with E-state index < -0.39 is 0 Å². The number of hydrogen-bond acceptors (Lipinski definition) is 4. The van der Waals surface area contributed by atoms with Crippen molar-refractivity contribution in [3.63, 3.8) is 0 Å². The van der Waals surface area contributed by atoms with E-state index in [9.17, 15) is 0 Å². The lowest BCUT2D eigenvalue weighted by Crippen LogP contribution is -2.05. The quantitative estimate of drug-likeness (QED) is 0.774. The fourth-order valence-electron chi connectivity index (χ4n) is 2.27. The van der Waals surface area contributed by atoms with Crippen LogP contribution in [-0.4, -0.2) is 22.0 Å². The van der Waals surface area contributed by atoms with Crippen molar-refractivity contribution in [1.29, 1.82) is 0 Å². The van der Waals surface area contributed by atoms with Crippen LogP contribution >= 0.6 is 11.8 Å². The lowest BCUT2D eigenvalue weighted by atomic mass is 10.2. The van der Waals surface area contributed by atoms with Gasteiger partial charge in [0.2, 0.25) is 0 Å². The highest BCUT2D eigenvalue weighted by molar-refractivity contribution is 7.99. The fraction of sp³-hybridized carbons (Fsp3) is 0.250. The molecule has 2 aromatic heterocycles. The fourth-order valence-corrected chi connectivity index (χ4v) is 3.08. The summed E-state index contributed by atoms with van der Waals surface area (Å²) in [6.07, 6.45) is 1.92. The molecule has 0 radical (unpaired) electrons. The molecule has 108 valence electrons. The van der Waals surface area contributed by atoms with Crippen molar-refractivity contribution >= 4 is 22.8 Å². The largest absolute Gasteiger partial charge is 0.333 e. The normalized spacial score (nSPS) is 11.2. The molecule has 0 atom stereocenters. The first kappa shape index (κ1) is 14.1. The molecule has 5 heteroatoms. The van der Waals surface area contributed by atoms with Crippen molar-refractivity contribution in [3.05, 3.63) is 47.2 Å². The van der Waals surface area contributed by atoms with Crippen LogP contribution in [0.3, 0.4) is 0 Å². The predicted octanol–water partition coefficient (Wildman–Crippen LogP) is 3.45. The highest BCUT2D eigenvalue weighted by atomic mass is 32.2. The molecule has 3 rings (SSSR count). The third-order valence-corrected chi connectivity index (χ3v) is 4.28. The van der Waals surface area contributed by atoms with Crippen molar-refractivity contribution < 1.29 is 0 Å². The van der Waals surface area contributed by atoms with Crippen LogP contribution in [0.4, 0.5) is 0 Å². The maximum absolute atomic E-state index is 4.60. The first-order chi connectivity index (χ1) is 10.2. The van der Waals surface area contributed by atoms with Crippen molar-refractivity contribution in [2.45, 2.75) is 30.6 Å². The maximum atomic E-state index is 4.60. The van der Waals surface area contributed by atoms with Gasteiger partial charge in [0.05, 0.1) is 11.0 Å². The van der Waals surface area contributed by atoms with Gasteiger partial charge >= 0.3 is 0 Å². The Morgan fingerprint density at radius 3 is 2.86 bits per heavy atom. The Labute approximate surface area is 128 Å². The van der Waals surface area contributed by atoms with Gasteiger partial charge < -0.3 is 10.3 Å². The van der Waals surface area contributed by atoms with E-state index in [1.54, 1.807) is 11.8 Å². The van der Waals surface area contributed by atoms with Crippen molar-refractivity contribution in [1.82, 2.24) is 20.3 Å². The summed E-state index contributed by atoms with van der Waals surface area (Å²) < 4.78 is 0. The van der Waals surface area contributed by atoms with E-state index in [1.807, 2.05) is 19.3 Å². The number of benzene rings is 1. The molecule has 0 aliphatic rings. The first-order valence-electron chi connectivity index (χ1n) is 6.90. The van der Waals surface area contributed by atoms with Gasteiger partial charge in [-0.25, -0.2) is 9.97 Å². The van der Waals surface area contributed by atoms with Crippen LogP contribution in [0.15, 0.2) is 40.6 Å². The summed E-state index contributed by atoms with van der Waals surface area (Å²) in [7, 11) is 1.94.